The second kappa shape index (κ2) is 8.79. The van der Waals surface area contributed by atoms with Crippen LogP contribution in [-0.4, -0.2) is 40.1 Å². The molecule has 0 unspecified atom stereocenters. The van der Waals surface area contributed by atoms with E-state index in [2.05, 4.69) is 16.7 Å². The molecule has 2 aromatic rings. The average molecular weight is 474 g/mol. The SMILES string of the molecule is C=CCc1cc(C=NN2C(=O)[C@@H]3[C@H](C2=O)[C@H]2C=C[C@H]3C2)cc(OC)c1Oc1ccc([N+](=O)[O-])cn1. The summed E-state index contributed by atoms with van der Waals surface area (Å²) in [4.78, 5) is 40.1. The zero-order valence-corrected chi connectivity index (χ0v) is 18.9. The molecule has 1 aromatic heterocycles. The lowest BCUT2D eigenvalue weighted by atomic mass is 9.85. The molecule has 0 N–H and O–H groups in total. The number of hydrogen-bond donors (Lipinski definition) is 0. The van der Waals surface area contributed by atoms with Crippen molar-refractivity contribution in [2.75, 3.05) is 7.11 Å². The van der Waals surface area contributed by atoms with Crippen LogP contribution in [0.25, 0.3) is 0 Å². The van der Waals surface area contributed by atoms with Crippen LogP contribution in [-0.2, 0) is 16.0 Å². The van der Waals surface area contributed by atoms with Gasteiger partial charge in [-0.1, -0.05) is 18.2 Å². The first-order chi connectivity index (χ1) is 16.9. The zero-order valence-electron chi connectivity index (χ0n) is 18.9. The third-order valence-electron chi connectivity index (χ3n) is 6.65. The van der Waals surface area contributed by atoms with Crippen LogP contribution in [0.1, 0.15) is 17.5 Å². The van der Waals surface area contributed by atoms with Crippen LogP contribution in [0.5, 0.6) is 17.4 Å². The largest absolute Gasteiger partial charge is 0.493 e. The molecule has 1 aromatic carbocycles. The molecule has 1 aliphatic heterocycles. The summed E-state index contributed by atoms with van der Waals surface area (Å²) in [6, 6.07) is 6.14. The van der Waals surface area contributed by atoms with E-state index in [0.717, 1.165) is 17.6 Å². The number of carbonyl (C=O) groups excluding carboxylic acids is 2. The fourth-order valence-electron chi connectivity index (χ4n) is 5.10. The molecular weight excluding hydrogens is 452 g/mol. The van der Waals surface area contributed by atoms with E-state index in [9.17, 15) is 19.7 Å². The highest BCUT2D eigenvalue weighted by Crippen LogP contribution is 2.52. The maximum atomic E-state index is 12.9. The number of imide groups is 1. The molecule has 178 valence electrons. The summed E-state index contributed by atoms with van der Waals surface area (Å²) >= 11 is 0. The molecule has 2 heterocycles. The van der Waals surface area contributed by atoms with Crippen molar-refractivity contribution in [2.45, 2.75) is 12.8 Å². The summed E-state index contributed by atoms with van der Waals surface area (Å²) in [6.45, 7) is 3.78. The highest BCUT2D eigenvalue weighted by molar-refractivity contribution is 6.06. The van der Waals surface area contributed by atoms with Crippen LogP contribution in [0, 0.1) is 33.8 Å². The molecule has 3 aliphatic rings. The number of nitrogens with zero attached hydrogens (tertiary/aromatic N) is 4. The smallest absolute Gasteiger partial charge is 0.287 e. The molecule has 2 bridgehead atoms. The molecule has 2 amide bonds. The molecule has 10 nitrogen and oxygen atoms in total. The number of amides is 2. The molecule has 2 aliphatic carbocycles. The number of rotatable bonds is 8. The van der Waals surface area contributed by atoms with E-state index in [-0.39, 0.29) is 47.1 Å². The van der Waals surface area contributed by atoms with Gasteiger partial charge < -0.3 is 9.47 Å². The Morgan fingerprint density at radius 2 is 1.94 bits per heavy atom. The van der Waals surface area contributed by atoms with Crippen LogP contribution in [0.3, 0.4) is 0 Å². The van der Waals surface area contributed by atoms with Crippen LogP contribution in [0.4, 0.5) is 5.69 Å². The van der Waals surface area contributed by atoms with Crippen molar-refractivity contribution in [3.05, 3.63) is 76.5 Å². The summed E-state index contributed by atoms with van der Waals surface area (Å²) < 4.78 is 11.4. The van der Waals surface area contributed by atoms with E-state index >= 15 is 0 Å². The van der Waals surface area contributed by atoms with Gasteiger partial charge in [0.1, 0.15) is 6.20 Å². The third kappa shape index (κ3) is 3.86. The highest BCUT2D eigenvalue weighted by Gasteiger charge is 2.59. The fourth-order valence-corrected chi connectivity index (χ4v) is 5.10. The van der Waals surface area contributed by atoms with Gasteiger partial charge in [-0.2, -0.15) is 10.1 Å². The topological polar surface area (TPSA) is 124 Å². The zero-order chi connectivity index (χ0) is 24.7. The Morgan fingerprint density at radius 1 is 1.23 bits per heavy atom. The predicted molar refractivity (Wildman–Crippen MR) is 125 cm³/mol. The molecule has 4 atom stereocenters. The Morgan fingerprint density at radius 3 is 2.51 bits per heavy atom. The van der Waals surface area contributed by atoms with Crippen LogP contribution >= 0.6 is 0 Å². The highest BCUT2D eigenvalue weighted by atomic mass is 16.6. The van der Waals surface area contributed by atoms with E-state index in [0.29, 0.717) is 29.0 Å². The third-order valence-corrected chi connectivity index (χ3v) is 6.65. The quantitative estimate of drug-likeness (QED) is 0.188. The first-order valence-corrected chi connectivity index (χ1v) is 11.1. The number of ether oxygens (including phenoxy) is 2. The number of pyridine rings is 1. The lowest BCUT2D eigenvalue weighted by Crippen LogP contribution is -2.28. The number of methoxy groups -OCH3 is 1. The number of hydrazone groups is 1. The Bertz CT molecular complexity index is 1260. The van der Waals surface area contributed by atoms with E-state index in [1.807, 2.05) is 12.2 Å². The van der Waals surface area contributed by atoms with Crippen molar-refractivity contribution in [3.63, 3.8) is 0 Å². The molecule has 35 heavy (non-hydrogen) atoms. The van der Waals surface area contributed by atoms with E-state index < -0.39 is 4.92 Å². The number of nitro groups is 1. The number of fused-ring (bicyclic) bond motifs is 5. The van der Waals surface area contributed by atoms with Gasteiger partial charge in [0.15, 0.2) is 11.5 Å². The van der Waals surface area contributed by atoms with Gasteiger partial charge in [-0.05, 0) is 42.4 Å². The van der Waals surface area contributed by atoms with Crippen molar-refractivity contribution < 1.29 is 24.0 Å². The van der Waals surface area contributed by atoms with E-state index in [1.165, 1.54) is 25.5 Å². The Labute approximate surface area is 200 Å². The standard InChI is InChI=1S/C25H22N4O6/c1-3-4-17-9-14(10-19(34-2)23(17)35-20-8-7-18(13-26-20)29(32)33)12-27-28-24(30)21-15-5-6-16(11-15)22(21)25(28)31/h3,5-10,12-13,15-16,21-22H,1,4,11H2,2H3/t15-,16-,21-,22+/m0/s1. The van der Waals surface area contributed by atoms with Crippen molar-refractivity contribution in [1.29, 1.82) is 0 Å². The van der Waals surface area contributed by atoms with E-state index in [1.54, 1.807) is 18.2 Å². The van der Waals surface area contributed by atoms with Gasteiger partial charge in [0.25, 0.3) is 17.5 Å². The van der Waals surface area contributed by atoms with Gasteiger partial charge in [-0.25, -0.2) is 4.98 Å². The van der Waals surface area contributed by atoms with Gasteiger partial charge in [-0.15, -0.1) is 6.58 Å². The molecule has 0 radical (unpaired) electrons. The van der Waals surface area contributed by atoms with Crippen molar-refractivity contribution in [3.8, 4) is 17.4 Å². The van der Waals surface area contributed by atoms with Crippen molar-refractivity contribution in [1.82, 2.24) is 9.99 Å². The van der Waals surface area contributed by atoms with Crippen molar-refractivity contribution in [2.24, 2.45) is 28.8 Å². The Kier molecular flexibility index (Phi) is 5.64. The summed E-state index contributed by atoms with van der Waals surface area (Å²) in [7, 11) is 1.47. The molecule has 5 rings (SSSR count). The predicted octanol–water partition coefficient (Wildman–Crippen LogP) is 3.66. The summed E-state index contributed by atoms with van der Waals surface area (Å²) in [5.41, 5.74) is 1.14. The summed E-state index contributed by atoms with van der Waals surface area (Å²) in [5.74, 6) is -0.0119. The Hall–Kier alpha value is -4.34. The Balaban J connectivity index is 1.41. The molecular formula is C25H22N4O6. The molecule has 2 fully saturated rings. The minimum atomic E-state index is -0.543. The number of benzene rings is 1. The molecule has 1 saturated carbocycles. The van der Waals surface area contributed by atoms with E-state index in [4.69, 9.17) is 9.47 Å². The normalized spacial score (nSPS) is 24.3. The van der Waals surface area contributed by atoms with Gasteiger partial charge >= 0.3 is 0 Å². The second-order valence-electron chi connectivity index (χ2n) is 8.65. The number of carbonyl (C=O) groups is 2. The molecule has 0 spiro atoms. The average Bonchev–Trinajstić information content (AvgIpc) is 3.53. The fraction of sp³-hybridized carbons (Fsp3) is 0.280. The van der Waals surface area contributed by atoms with Gasteiger partial charge in [0, 0.05) is 17.7 Å². The number of hydrogen-bond acceptors (Lipinski definition) is 8. The first kappa shape index (κ1) is 22.5. The second-order valence-corrected chi connectivity index (χ2v) is 8.65. The van der Waals surface area contributed by atoms with Crippen LogP contribution in [0.2, 0.25) is 0 Å². The van der Waals surface area contributed by atoms with Crippen LogP contribution < -0.4 is 9.47 Å². The lowest BCUT2D eigenvalue weighted by Gasteiger charge is -2.15. The van der Waals surface area contributed by atoms with Gasteiger partial charge in [0.05, 0.1) is 30.1 Å². The van der Waals surface area contributed by atoms with Crippen LogP contribution in [0.15, 0.2) is 60.4 Å². The monoisotopic (exact) mass is 474 g/mol. The molecule has 10 heteroatoms. The lowest BCUT2D eigenvalue weighted by molar-refractivity contribution is -0.385. The maximum absolute atomic E-state index is 12.9. The van der Waals surface area contributed by atoms with Crippen molar-refractivity contribution >= 4 is 23.7 Å². The number of allylic oxidation sites excluding steroid dienone is 3. The maximum Gasteiger partial charge on any atom is 0.287 e. The van der Waals surface area contributed by atoms with Gasteiger partial charge in [0.2, 0.25) is 5.88 Å². The first-order valence-electron chi connectivity index (χ1n) is 11.1. The summed E-state index contributed by atoms with van der Waals surface area (Å²) in [5, 5.41) is 16.1. The number of aromatic nitrogens is 1. The molecule has 1 saturated heterocycles. The minimum Gasteiger partial charge on any atom is -0.493 e. The minimum absolute atomic E-state index is 0.116. The summed E-state index contributed by atoms with van der Waals surface area (Å²) in [6.07, 6.45) is 9.60. The van der Waals surface area contributed by atoms with Gasteiger partial charge in [-0.3, -0.25) is 19.7 Å².